The zero-order valence-corrected chi connectivity index (χ0v) is 12.0. The summed E-state index contributed by atoms with van der Waals surface area (Å²) in [4.78, 5) is 0. The number of ether oxygens (including phenoxy) is 1. The lowest BCUT2D eigenvalue weighted by atomic mass is 9.76. The summed E-state index contributed by atoms with van der Waals surface area (Å²) >= 11 is 0. The molecule has 3 aliphatic rings. The Morgan fingerprint density at radius 1 is 1.28 bits per heavy atom. The van der Waals surface area contributed by atoms with Crippen LogP contribution < -0.4 is 0 Å². The lowest BCUT2D eigenvalue weighted by Gasteiger charge is -2.45. The summed E-state index contributed by atoms with van der Waals surface area (Å²) in [5.74, 6) is 1.52. The monoisotopic (exact) mass is 250 g/mol. The predicted octanol–water partition coefficient (Wildman–Crippen LogP) is 2.99. The van der Waals surface area contributed by atoms with Crippen LogP contribution in [0.25, 0.3) is 0 Å². The normalized spacial score (nSPS) is 39.2. The zero-order chi connectivity index (χ0) is 12.6. The first-order valence-corrected chi connectivity index (χ1v) is 7.78. The van der Waals surface area contributed by atoms with Crippen LogP contribution in [0, 0.1) is 11.8 Å². The lowest BCUT2D eigenvalue weighted by Crippen LogP contribution is -2.55. The quantitative estimate of drug-likeness (QED) is 0.541. The second-order valence-corrected chi connectivity index (χ2v) is 7.07. The number of allylic oxidation sites excluding steroid dienone is 1. The van der Waals surface area contributed by atoms with Crippen molar-refractivity contribution >= 4 is 0 Å². The van der Waals surface area contributed by atoms with Crippen molar-refractivity contribution in [1.82, 2.24) is 0 Å². The highest BCUT2D eigenvalue weighted by atomic mass is 16.5. The summed E-state index contributed by atoms with van der Waals surface area (Å²) in [6, 6.07) is 0. The Morgan fingerprint density at radius 2 is 2.06 bits per heavy atom. The van der Waals surface area contributed by atoms with Crippen molar-refractivity contribution in [3.63, 3.8) is 0 Å². The minimum atomic E-state index is 0.487. The van der Waals surface area contributed by atoms with E-state index in [0.717, 1.165) is 18.4 Å². The topological polar surface area (TPSA) is 9.23 Å². The summed E-state index contributed by atoms with van der Waals surface area (Å²) in [5.41, 5.74) is 1.60. The number of rotatable bonds is 2. The molecule has 0 spiro atoms. The highest BCUT2D eigenvalue weighted by Crippen LogP contribution is 2.38. The maximum Gasteiger partial charge on any atom is 0.113 e. The molecule has 102 valence electrons. The van der Waals surface area contributed by atoms with Gasteiger partial charge in [-0.3, -0.25) is 0 Å². The Labute approximate surface area is 112 Å². The van der Waals surface area contributed by atoms with Crippen molar-refractivity contribution in [2.75, 3.05) is 33.3 Å². The van der Waals surface area contributed by atoms with E-state index in [0.29, 0.717) is 6.10 Å². The van der Waals surface area contributed by atoms with Gasteiger partial charge in [0.2, 0.25) is 0 Å². The summed E-state index contributed by atoms with van der Waals surface area (Å²) in [6.45, 7) is 7.28. The molecule has 2 nitrogen and oxygen atoms in total. The van der Waals surface area contributed by atoms with Crippen LogP contribution in [-0.4, -0.2) is 43.9 Å². The van der Waals surface area contributed by atoms with Gasteiger partial charge in [-0.2, -0.15) is 0 Å². The molecular formula is C16H28NO+. The average molecular weight is 250 g/mol. The number of fused-ring (bicyclic) bond motifs is 2. The van der Waals surface area contributed by atoms with E-state index < -0.39 is 0 Å². The van der Waals surface area contributed by atoms with Crippen molar-refractivity contribution in [2.24, 2.45) is 11.8 Å². The van der Waals surface area contributed by atoms with Gasteiger partial charge >= 0.3 is 0 Å². The minimum absolute atomic E-state index is 0.487. The molecule has 2 aliphatic heterocycles. The van der Waals surface area contributed by atoms with Crippen LogP contribution in [-0.2, 0) is 4.74 Å². The minimum Gasteiger partial charge on any atom is -0.371 e. The molecule has 1 aliphatic carbocycles. The van der Waals surface area contributed by atoms with Gasteiger partial charge in [-0.1, -0.05) is 11.6 Å². The number of nitrogens with zero attached hydrogens (tertiary/aromatic N) is 1. The van der Waals surface area contributed by atoms with E-state index >= 15 is 0 Å². The molecule has 0 unspecified atom stereocenters. The summed E-state index contributed by atoms with van der Waals surface area (Å²) < 4.78 is 7.48. The van der Waals surface area contributed by atoms with Crippen molar-refractivity contribution < 1.29 is 9.22 Å². The Hall–Kier alpha value is -0.340. The molecule has 0 radical (unpaired) electrons. The van der Waals surface area contributed by atoms with E-state index in [4.69, 9.17) is 4.74 Å². The first-order chi connectivity index (χ1) is 8.66. The van der Waals surface area contributed by atoms with Gasteiger partial charge in [0.25, 0.3) is 0 Å². The number of hydrogen-bond acceptors (Lipinski definition) is 1. The van der Waals surface area contributed by atoms with Gasteiger partial charge in [0.05, 0.1) is 26.7 Å². The first-order valence-electron chi connectivity index (χ1n) is 7.78. The fourth-order valence-corrected chi connectivity index (χ4v) is 4.17. The summed E-state index contributed by atoms with van der Waals surface area (Å²) in [5, 5.41) is 0. The second-order valence-electron chi connectivity index (χ2n) is 7.07. The van der Waals surface area contributed by atoms with Crippen molar-refractivity contribution in [3.05, 3.63) is 11.6 Å². The van der Waals surface area contributed by atoms with Crippen LogP contribution in [0.15, 0.2) is 11.6 Å². The molecule has 0 aromatic rings. The number of likely N-dealkylation sites (N-methyl/N-ethyl adjacent to an activating group) is 1. The molecular weight excluding hydrogens is 222 g/mol. The fourth-order valence-electron chi connectivity index (χ4n) is 4.17. The van der Waals surface area contributed by atoms with E-state index in [1.165, 1.54) is 56.2 Å². The molecule has 0 aromatic heterocycles. The molecule has 2 fully saturated rings. The highest BCUT2D eigenvalue weighted by molar-refractivity contribution is 5.12. The Balaban J connectivity index is 1.68. The van der Waals surface area contributed by atoms with Gasteiger partial charge in [-0.15, -0.1) is 0 Å². The van der Waals surface area contributed by atoms with Crippen molar-refractivity contribution in [3.8, 4) is 0 Å². The Morgan fingerprint density at radius 3 is 2.83 bits per heavy atom. The van der Waals surface area contributed by atoms with E-state index in [1.54, 1.807) is 5.57 Å². The van der Waals surface area contributed by atoms with Crippen LogP contribution in [0.3, 0.4) is 0 Å². The molecule has 0 aromatic carbocycles. The van der Waals surface area contributed by atoms with E-state index in [2.05, 4.69) is 20.0 Å². The van der Waals surface area contributed by atoms with Gasteiger partial charge < -0.3 is 9.22 Å². The molecule has 2 heteroatoms. The van der Waals surface area contributed by atoms with Crippen LogP contribution >= 0.6 is 0 Å². The third-order valence-electron chi connectivity index (χ3n) is 5.46. The van der Waals surface area contributed by atoms with Crippen molar-refractivity contribution in [2.45, 2.75) is 45.1 Å². The van der Waals surface area contributed by atoms with Crippen LogP contribution in [0.1, 0.15) is 39.0 Å². The Bertz CT molecular complexity index is 330. The molecule has 3 atom stereocenters. The zero-order valence-electron chi connectivity index (χ0n) is 12.0. The third kappa shape index (κ3) is 2.50. The van der Waals surface area contributed by atoms with Crippen LogP contribution in [0.4, 0.5) is 0 Å². The summed E-state index contributed by atoms with van der Waals surface area (Å²) in [6.07, 6.45) is 9.85. The predicted molar refractivity (Wildman–Crippen MR) is 74.3 cm³/mol. The molecule has 0 saturated carbocycles. The maximum atomic E-state index is 6.23. The molecule has 18 heavy (non-hydrogen) atoms. The van der Waals surface area contributed by atoms with E-state index in [1.807, 2.05) is 0 Å². The second kappa shape index (κ2) is 4.97. The van der Waals surface area contributed by atoms with E-state index in [-0.39, 0.29) is 0 Å². The standard InChI is InChI=1S/C16H28NO/c1-13-6-7-14-10-15(13)16(18-12-14)11-17(2)8-4-3-5-9-17/h6,14-16H,3-5,7-12H2,1-2H3/q+1/t14-,15+,16-/m0/s1. The number of piperidine rings is 1. The van der Waals surface area contributed by atoms with Gasteiger partial charge in [0.1, 0.15) is 12.6 Å². The highest BCUT2D eigenvalue weighted by Gasteiger charge is 2.39. The SMILES string of the molecule is CC1=CC[C@@H]2CO[C@@H](C[N+]3(C)CCCCC3)[C@@H]1C2. The van der Waals surface area contributed by atoms with Crippen LogP contribution in [0.2, 0.25) is 0 Å². The number of quaternary nitrogens is 1. The molecule has 3 rings (SSSR count). The lowest BCUT2D eigenvalue weighted by molar-refractivity contribution is -0.917. The third-order valence-corrected chi connectivity index (χ3v) is 5.46. The summed E-state index contributed by atoms with van der Waals surface area (Å²) in [7, 11) is 2.44. The molecule has 0 amide bonds. The fraction of sp³-hybridized carbons (Fsp3) is 0.875. The molecule has 2 saturated heterocycles. The molecule has 2 bridgehead atoms. The van der Waals surface area contributed by atoms with Crippen LogP contribution in [0.5, 0.6) is 0 Å². The average Bonchev–Trinajstić information content (AvgIpc) is 2.37. The van der Waals surface area contributed by atoms with E-state index in [9.17, 15) is 0 Å². The Kier molecular flexibility index (Phi) is 3.50. The van der Waals surface area contributed by atoms with Gasteiger partial charge in [-0.05, 0) is 44.9 Å². The largest absolute Gasteiger partial charge is 0.371 e. The molecule has 0 N–H and O–H groups in total. The van der Waals surface area contributed by atoms with Gasteiger partial charge in [-0.25, -0.2) is 0 Å². The van der Waals surface area contributed by atoms with Gasteiger partial charge in [0.15, 0.2) is 0 Å². The number of hydrogen-bond donors (Lipinski definition) is 0. The number of likely N-dealkylation sites (tertiary alicyclic amines) is 1. The first kappa shape index (κ1) is 12.7. The van der Waals surface area contributed by atoms with Gasteiger partial charge in [0, 0.05) is 5.92 Å². The molecule has 2 heterocycles. The maximum absolute atomic E-state index is 6.23. The smallest absolute Gasteiger partial charge is 0.113 e. The van der Waals surface area contributed by atoms with Crippen molar-refractivity contribution in [1.29, 1.82) is 0 Å².